The SMILES string of the molecule is CCc1nc(C)sc1C.COC(=O)c1ccncc1C.COc1ncccc1C.CSc1ncccc1C.Cc1cccnc1C.Cc1cccnc1Cl.Cc1nc(C(F)(F)F)c(C)s1.Cc1nn(C)c(C)c1C.Cc1nn(C)c(Cl)c1C.Cc1nn(C)c(Cl)c1C. The second-order valence-corrected chi connectivity index (χ2v) is 24.9. The van der Waals surface area contributed by atoms with E-state index in [1.807, 2.05) is 143 Å². The summed E-state index contributed by atoms with van der Waals surface area (Å²) in [5.41, 5.74) is 15.5. The number of alkyl halides is 3. The number of methoxy groups -OCH3 is 2. The van der Waals surface area contributed by atoms with Crippen LogP contribution in [-0.2, 0) is 38.5 Å². The molecule has 0 aliphatic heterocycles. The predicted octanol–water partition coefficient (Wildman–Crippen LogP) is 18.3. The highest BCUT2D eigenvalue weighted by Crippen LogP contribution is 2.33. The van der Waals surface area contributed by atoms with E-state index in [2.05, 4.69) is 116 Å². The molecule has 0 fully saturated rings. The van der Waals surface area contributed by atoms with E-state index in [1.54, 1.807) is 77.3 Å². The number of ether oxygens (including phenoxy) is 2. The summed E-state index contributed by atoms with van der Waals surface area (Å²) in [6.07, 6.45) is 9.02. The van der Waals surface area contributed by atoms with Gasteiger partial charge >= 0.3 is 12.1 Å². The normalized spacial score (nSPS) is 9.98. The first-order valence-corrected chi connectivity index (χ1v) is 32.6. The molecule has 0 aromatic carbocycles. The third kappa shape index (κ3) is 29.3. The Morgan fingerprint density at radius 1 is 0.554 bits per heavy atom. The van der Waals surface area contributed by atoms with Crippen molar-refractivity contribution >= 4 is 75.2 Å². The maximum Gasteiger partial charge on any atom is 0.434 e. The Balaban J connectivity index is 0.000000512. The molecule has 0 unspecified atom stereocenters. The zero-order valence-electron chi connectivity index (χ0n) is 57.4. The number of pyridine rings is 5. The van der Waals surface area contributed by atoms with Crippen LogP contribution >= 0.6 is 69.2 Å². The molecule has 0 N–H and O–H groups in total. The molecule has 0 saturated carbocycles. The number of hydrogen-bond donors (Lipinski definition) is 0. The minimum Gasteiger partial charge on any atom is -0.481 e. The third-order valence-electron chi connectivity index (χ3n) is 13.2. The minimum absolute atomic E-state index is 0.231. The lowest BCUT2D eigenvalue weighted by atomic mass is 10.2. The van der Waals surface area contributed by atoms with Gasteiger partial charge in [0.05, 0.1) is 57.6 Å². The summed E-state index contributed by atoms with van der Waals surface area (Å²) in [6, 6.07) is 17.3. The molecule has 0 atom stereocenters. The van der Waals surface area contributed by atoms with Crippen molar-refractivity contribution in [1.29, 1.82) is 0 Å². The third-order valence-corrected chi connectivity index (χ3v) is 17.3. The van der Waals surface area contributed by atoms with Gasteiger partial charge in [0.25, 0.3) is 0 Å². The molecule has 92 heavy (non-hydrogen) atoms. The fourth-order valence-electron chi connectivity index (χ4n) is 7.26. The molecule has 10 rings (SSSR count). The average molecular weight is 1380 g/mol. The molecule has 0 aliphatic carbocycles. The number of nitrogens with zero attached hydrogens (tertiary/aromatic N) is 13. The van der Waals surface area contributed by atoms with Gasteiger partial charge in [0.1, 0.15) is 15.5 Å². The lowest BCUT2D eigenvalue weighted by molar-refractivity contribution is -0.141. The second-order valence-electron chi connectivity index (χ2n) is 20.3. The first-order chi connectivity index (χ1) is 43.1. The molecule has 0 radical (unpaired) electrons. The van der Waals surface area contributed by atoms with Crippen molar-refractivity contribution in [3.63, 3.8) is 0 Å². The number of thioether (sulfide) groups is 1. The van der Waals surface area contributed by atoms with E-state index in [0.717, 1.165) is 83.7 Å². The van der Waals surface area contributed by atoms with Crippen LogP contribution < -0.4 is 4.74 Å². The van der Waals surface area contributed by atoms with Crippen molar-refractivity contribution in [2.24, 2.45) is 21.1 Å². The standard InChI is InChI=1S/C8H9NO2.C7H12N2.C7H9NO.C7H9NS.C7H11NS.C7H9N.2C6H9ClN2.C6H6ClN.C6H6F3NS/c1-6-5-9-4-3-7(6)8(10)11-2;1-5-6(2)8-9(4)7(5)3;2*1-6-4-3-5-8-7(6)9-2;1-4-7-5(2)9-6(3)8-7;1-6-4-3-5-8-7(6)2;2*1-4-5(2)8-9(3)6(4)7;1-5-3-2-4-8-6(5)7;1-3-5(6(7,8)9)10-4(2)11-3/h3-5H,1-2H3;1-4H3;2*3-5H,1-2H3;4H2,1-3H3;3-5H,1-2H3;2*1-3H3;2-4H,1H3;1-2H3. The summed E-state index contributed by atoms with van der Waals surface area (Å²) in [5.74, 6) is 0.391. The Morgan fingerprint density at radius 2 is 1.02 bits per heavy atom. The van der Waals surface area contributed by atoms with Gasteiger partial charge in [-0.15, -0.1) is 34.4 Å². The topological polar surface area (TPSA) is 179 Å². The number of aromatic nitrogens is 13. The predicted molar refractivity (Wildman–Crippen MR) is 375 cm³/mol. The van der Waals surface area contributed by atoms with Gasteiger partial charge in [-0.1, -0.05) is 66.0 Å². The molecular formula is C67H89Cl3F3N13O3S3. The van der Waals surface area contributed by atoms with Gasteiger partial charge in [0.15, 0.2) is 5.69 Å². The van der Waals surface area contributed by atoms with Crippen LogP contribution in [0.4, 0.5) is 13.2 Å². The van der Waals surface area contributed by atoms with Gasteiger partial charge in [-0.25, -0.2) is 29.7 Å². The molecule has 0 amide bonds. The van der Waals surface area contributed by atoms with Gasteiger partial charge in [0.2, 0.25) is 5.88 Å². The lowest BCUT2D eigenvalue weighted by Gasteiger charge is -2.01. The van der Waals surface area contributed by atoms with E-state index >= 15 is 0 Å². The van der Waals surface area contributed by atoms with Crippen LogP contribution in [0.15, 0.2) is 96.8 Å². The number of carbonyl (C=O) groups excluding carboxylic acids is 1. The first-order valence-electron chi connectivity index (χ1n) is 28.7. The number of thiazole rings is 2. The van der Waals surface area contributed by atoms with Gasteiger partial charge in [-0.2, -0.15) is 28.5 Å². The van der Waals surface area contributed by atoms with Gasteiger partial charge in [-0.05, 0) is 189 Å². The molecule has 500 valence electrons. The van der Waals surface area contributed by atoms with E-state index < -0.39 is 11.9 Å². The molecule has 16 nitrogen and oxygen atoms in total. The van der Waals surface area contributed by atoms with Crippen LogP contribution in [0.2, 0.25) is 15.5 Å². The highest BCUT2D eigenvalue weighted by molar-refractivity contribution is 7.98. The van der Waals surface area contributed by atoms with Crippen molar-refractivity contribution in [1.82, 2.24) is 64.2 Å². The van der Waals surface area contributed by atoms with Crippen molar-refractivity contribution in [2.75, 3.05) is 20.5 Å². The Hall–Kier alpha value is -7.08. The monoisotopic (exact) mass is 1380 g/mol. The fourth-order valence-corrected chi connectivity index (χ4v) is 10.0. The van der Waals surface area contributed by atoms with E-state index in [9.17, 15) is 18.0 Å². The quantitative estimate of drug-likeness (QED) is 0.0922. The van der Waals surface area contributed by atoms with E-state index in [4.69, 9.17) is 39.5 Å². The van der Waals surface area contributed by atoms with Crippen LogP contribution in [0.25, 0.3) is 0 Å². The van der Waals surface area contributed by atoms with Crippen molar-refractivity contribution in [3.05, 3.63) is 217 Å². The maximum atomic E-state index is 12.0. The Labute approximate surface area is 569 Å². The summed E-state index contributed by atoms with van der Waals surface area (Å²) in [5, 5.41) is 17.2. The molecular weight excluding hydrogens is 1290 g/mol. The molecule has 25 heteroatoms. The van der Waals surface area contributed by atoms with Gasteiger partial charge < -0.3 is 9.47 Å². The lowest BCUT2D eigenvalue weighted by Crippen LogP contribution is -2.06. The van der Waals surface area contributed by atoms with Crippen LogP contribution in [0.3, 0.4) is 0 Å². The largest absolute Gasteiger partial charge is 0.481 e. The number of carbonyl (C=O) groups is 1. The zero-order valence-corrected chi connectivity index (χ0v) is 62.1. The molecule has 0 spiro atoms. The molecule has 10 aromatic rings. The van der Waals surface area contributed by atoms with Gasteiger partial charge in [0, 0.05) is 96.2 Å². The Kier molecular flexibility index (Phi) is 38.0. The first kappa shape index (κ1) is 82.9. The van der Waals surface area contributed by atoms with Crippen LogP contribution in [0, 0.1) is 118 Å². The average Bonchev–Trinajstić information content (AvgIpc) is 2.30. The summed E-state index contributed by atoms with van der Waals surface area (Å²) < 4.78 is 50.8. The number of esters is 1. The number of aryl methyl sites for hydroxylation is 17. The summed E-state index contributed by atoms with van der Waals surface area (Å²) in [7, 11) is 8.62. The fraction of sp³-hybridized carbons (Fsp3) is 0.388. The van der Waals surface area contributed by atoms with E-state index in [0.29, 0.717) is 21.6 Å². The molecule has 10 heterocycles. The molecule has 0 bridgehead atoms. The molecule has 10 aromatic heterocycles. The molecule has 0 aliphatic rings. The summed E-state index contributed by atoms with van der Waals surface area (Å²) in [4.78, 5) is 40.2. The van der Waals surface area contributed by atoms with Crippen LogP contribution in [-0.4, -0.2) is 90.7 Å². The highest BCUT2D eigenvalue weighted by atomic mass is 35.5. The summed E-state index contributed by atoms with van der Waals surface area (Å²) >= 11 is 21.7. The smallest absolute Gasteiger partial charge is 0.434 e. The van der Waals surface area contributed by atoms with Crippen molar-refractivity contribution < 1.29 is 27.4 Å². The maximum absolute atomic E-state index is 12.0. The highest BCUT2D eigenvalue weighted by Gasteiger charge is 2.35. The number of rotatable bonds is 4. The van der Waals surface area contributed by atoms with Gasteiger partial charge in [-0.3, -0.25) is 24.0 Å². The second kappa shape index (κ2) is 42.2. The summed E-state index contributed by atoms with van der Waals surface area (Å²) in [6.45, 7) is 35.2. The Morgan fingerprint density at radius 3 is 1.27 bits per heavy atom. The zero-order chi connectivity index (χ0) is 70.2. The van der Waals surface area contributed by atoms with E-state index in [1.165, 1.54) is 52.0 Å². The minimum atomic E-state index is -4.30. The van der Waals surface area contributed by atoms with Crippen molar-refractivity contribution in [2.45, 2.75) is 142 Å². The Bertz CT molecular complexity index is 3510. The molecule has 0 saturated heterocycles. The van der Waals surface area contributed by atoms with Crippen molar-refractivity contribution in [3.8, 4) is 5.88 Å². The van der Waals surface area contributed by atoms with Crippen LogP contribution in [0.5, 0.6) is 5.88 Å². The number of hydrogen-bond acceptors (Lipinski definition) is 16. The van der Waals surface area contributed by atoms with Crippen LogP contribution in [0.1, 0.15) is 121 Å². The van der Waals surface area contributed by atoms with E-state index in [-0.39, 0.29) is 10.8 Å². The number of halogens is 6.